The van der Waals surface area contributed by atoms with Crippen molar-refractivity contribution in [2.75, 3.05) is 48.0 Å². The Morgan fingerprint density at radius 2 is 1.69 bits per heavy atom. The number of aromatic nitrogens is 2. The van der Waals surface area contributed by atoms with Gasteiger partial charge in [0.25, 0.3) is 0 Å². The lowest BCUT2D eigenvalue weighted by molar-refractivity contribution is -0.122. The Morgan fingerprint density at radius 1 is 0.972 bits per heavy atom. The molecule has 3 heterocycles. The zero-order valence-electron chi connectivity index (χ0n) is 21.0. The van der Waals surface area contributed by atoms with Crippen LogP contribution in [0.4, 0.5) is 23.0 Å². The molecule has 2 saturated heterocycles. The SMILES string of the molecule is CC(C)NC(=O)[C@H]1CCCN1c1ccc(-c2ccnc(Nc3ccc(N4CCOCC4)cc3)n2)cc1. The zero-order valence-corrected chi connectivity index (χ0v) is 21.0. The zero-order chi connectivity index (χ0) is 24.9. The highest BCUT2D eigenvalue weighted by Crippen LogP contribution is 2.29. The van der Waals surface area contributed by atoms with Gasteiger partial charge in [-0.25, -0.2) is 9.97 Å². The largest absolute Gasteiger partial charge is 0.378 e. The van der Waals surface area contributed by atoms with Crippen molar-refractivity contribution in [1.29, 1.82) is 0 Å². The molecular weight excluding hydrogens is 452 g/mol. The third-order valence-corrected chi connectivity index (χ3v) is 6.64. The number of amides is 1. The van der Waals surface area contributed by atoms with Crippen molar-refractivity contribution in [3.63, 3.8) is 0 Å². The highest BCUT2D eigenvalue weighted by atomic mass is 16.5. The maximum atomic E-state index is 12.6. The van der Waals surface area contributed by atoms with E-state index in [2.05, 4.69) is 73.9 Å². The predicted molar refractivity (Wildman–Crippen MR) is 144 cm³/mol. The van der Waals surface area contributed by atoms with Crippen molar-refractivity contribution in [3.8, 4) is 11.3 Å². The van der Waals surface area contributed by atoms with Crippen molar-refractivity contribution >= 4 is 28.9 Å². The number of hydrogen-bond donors (Lipinski definition) is 2. The van der Waals surface area contributed by atoms with Gasteiger partial charge in [-0.3, -0.25) is 4.79 Å². The van der Waals surface area contributed by atoms with Crippen LogP contribution in [0.25, 0.3) is 11.3 Å². The Bertz CT molecular complexity index is 1160. The van der Waals surface area contributed by atoms with E-state index in [-0.39, 0.29) is 18.0 Å². The highest BCUT2D eigenvalue weighted by molar-refractivity contribution is 5.86. The molecule has 0 unspecified atom stereocenters. The van der Waals surface area contributed by atoms with E-state index in [9.17, 15) is 4.79 Å². The number of nitrogens with zero attached hydrogens (tertiary/aromatic N) is 4. The number of benzene rings is 2. The number of rotatable bonds is 7. The average molecular weight is 487 g/mol. The molecule has 36 heavy (non-hydrogen) atoms. The van der Waals surface area contributed by atoms with Crippen LogP contribution in [-0.4, -0.2) is 60.8 Å². The molecule has 2 aliphatic heterocycles. The molecule has 2 fully saturated rings. The summed E-state index contributed by atoms with van der Waals surface area (Å²) < 4.78 is 5.44. The Labute approximate surface area is 212 Å². The van der Waals surface area contributed by atoms with E-state index in [0.717, 1.165) is 68.3 Å². The van der Waals surface area contributed by atoms with E-state index in [4.69, 9.17) is 9.72 Å². The van der Waals surface area contributed by atoms with E-state index in [1.165, 1.54) is 5.69 Å². The van der Waals surface area contributed by atoms with Crippen molar-refractivity contribution in [3.05, 3.63) is 60.8 Å². The molecule has 2 aliphatic rings. The first-order chi connectivity index (χ1) is 17.6. The number of ether oxygens (including phenoxy) is 1. The maximum absolute atomic E-state index is 12.6. The molecule has 0 saturated carbocycles. The van der Waals surface area contributed by atoms with Gasteiger partial charge in [-0.1, -0.05) is 12.1 Å². The van der Waals surface area contributed by atoms with Crippen LogP contribution in [-0.2, 0) is 9.53 Å². The van der Waals surface area contributed by atoms with Gasteiger partial charge in [-0.2, -0.15) is 0 Å². The molecule has 2 aromatic carbocycles. The number of carbonyl (C=O) groups excluding carboxylic acids is 1. The molecule has 0 radical (unpaired) electrons. The van der Waals surface area contributed by atoms with Crippen molar-refractivity contribution in [1.82, 2.24) is 15.3 Å². The van der Waals surface area contributed by atoms with Gasteiger partial charge < -0.3 is 25.2 Å². The molecular formula is C28H34N6O2. The standard InChI is InChI=1S/C28H34N6O2/c1-20(2)30-27(35)26-4-3-15-34(26)24-9-5-21(6-10-24)25-13-14-29-28(32-25)31-22-7-11-23(12-8-22)33-16-18-36-19-17-33/h5-14,20,26H,3-4,15-19H2,1-2H3,(H,30,35)(H,29,31,32)/t26-/m1/s1. The van der Waals surface area contributed by atoms with Crippen LogP contribution in [0.1, 0.15) is 26.7 Å². The normalized spacial score (nSPS) is 17.9. The molecule has 188 valence electrons. The second-order valence-corrected chi connectivity index (χ2v) is 9.60. The van der Waals surface area contributed by atoms with Gasteiger partial charge in [0.1, 0.15) is 6.04 Å². The summed E-state index contributed by atoms with van der Waals surface area (Å²) >= 11 is 0. The number of hydrogen-bond acceptors (Lipinski definition) is 7. The van der Waals surface area contributed by atoms with Crippen molar-refractivity contribution in [2.45, 2.75) is 38.8 Å². The number of carbonyl (C=O) groups is 1. The Hall–Kier alpha value is -3.65. The van der Waals surface area contributed by atoms with Gasteiger partial charge >= 0.3 is 0 Å². The fraction of sp³-hybridized carbons (Fsp3) is 0.393. The fourth-order valence-corrected chi connectivity index (χ4v) is 4.84. The first kappa shape index (κ1) is 24.1. The third-order valence-electron chi connectivity index (χ3n) is 6.64. The fourth-order valence-electron chi connectivity index (χ4n) is 4.84. The lowest BCUT2D eigenvalue weighted by Gasteiger charge is -2.28. The second-order valence-electron chi connectivity index (χ2n) is 9.60. The Kier molecular flexibility index (Phi) is 7.32. The van der Waals surface area contributed by atoms with Crippen LogP contribution < -0.4 is 20.4 Å². The molecule has 0 aliphatic carbocycles. The maximum Gasteiger partial charge on any atom is 0.242 e. The molecule has 1 atom stereocenters. The lowest BCUT2D eigenvalue weighted by atomic mass is 10.1. The van der Waals surface area contributed by atoms with E-state index in [0.29, 0.717) is 5.95 Å². The molecule has 3 aromatic rings. The van der Waals surface area contributed by atoms with Gasteiger partial charge in [0.2, 0.25) is 11.9 Å². The summed E-state index contributed by atoms with van der Waals surface area (Å²) in [6.07, 6.45) is 3.68. The Balaban J connectivity index is 1.25. The molecule has 2 N–H and O–H groups in total. The molecule has 5 rings (SSSR count). The summed E-state index contributed by atoms with van der Waals surface area (Å²) in [7, 11) is 0. The average Bonchev–Trinajstić information content (AvgIpc) is 3.40. The molecule has 8 nitrogen and oxygen atoms in total. The number of nitrogens with one attached hydrogen (secondary N) is 2. The van der Waals surface area contributed by atoms with Crippen LogP contribution in [0.3, 0.4) is 0 Å². The molecule has 1 aromatic heterocycles. The van der Waals surface area contributed by atoms with E-state index < -0.39 is 0 Å². The molecule has 0 bridgehead atoms. The summed E-state index contributed by atoms with van der Waals surface area (Å²) in [6.45, 7) is 8.26. The molecule has 1 amide bonds. The molecule has 0 spiro atoms. The Morgan fingerprint density at radius 3 is 2.42 bits per heavy atom. The van der Waals surface area contributed by atoms with Crippen molar-refractivity contribution in [2.24, 2.45) is 0 Å². The minimum absolute atomic E-state index is 0.107. The van der Waals surface area contributed by atoms with Gasteiger partial charge in [-0.05, 0) is 69.2 Å². The lowest BCUT2D eigenvalue weighted by Crippen LogP contribution is -2.45. The van der Waals surface area contributed by atoms with E-state index in [1.54, 1.807) is 6.20 Å². The monoisotopic (exact) mass is 486 g/mol. The summed E-state index contributed by atoms with van der Waals surface area (Å²) in [4.78, 5) is 26.3. The van der Waals surface area contributed by atoms with Crippen LogP contribution in [0, 0.1) is 0 Å². The highest BCUT2D eigenvalue weighted by Gasteiger charge is 2.31. The van der Waals surface area contributed by atoms with Crippen LogP contribution in [0.5, 0.6) is 0 Å². The third kappa shape index (κ3) is 5.60. The van der Waals surface area contributed by atoms with Crippen LogP contribution in [0.15, 0.2) is 60.8 Å². The number of morpholine rings is 1. The summed E-state index contributed by atoms with van der Waals surface area (Å²) in [5, 5.41) is 6.37. The van der Waals surface area contributed by atoms with Crippen molar-refractivity contribution < 1.29 is 9.53 Å². The second kappa shape index (κ2) is 11.0. The van der Waals surface area contributed by atoms with Gasteiger partial charge in [0, 0.05) is 54.5 Å². The number of anilines is 4. The van der Waals surface area contributed by atoms with Crippen LogP contribution >= 0.6 is 0 Å². The first-order valence-corrected chi connectivity index (χ1v) is 12.8. The van der Waals surface area contributed by atoms with Crippen LogP contribution in [0.2, 0.25) is 0 Å². The quantitative estimate of drug-likeness (QED) is 0.517. The summed E-state index contributed by atoms with van der Waals surface area (Å²) in [5.74, 6) is 0.664. The van der Waals surface area contributed by atoms with E-state index in [1.807, 2.05) is 19.9 Å². The van der Waals surface area contributed by atoms with Gasteiger partial charge in [0.05, 0.1) is 18.9 Å². The smallest absolute Gasteiger partial charge is 0.242 e. The van der Waals surface area contributed by atoms with E-state index >= 15 is 0 Å². The summed E-state index contributed by atoms with van der Waals surface area (Å²) in [6, 6.07) is 18.6. The predicted octanol–water partition coefficient (Wildman–Crippen LogP) is 4.22. The van der Waals surface area contributed by atoms with Gasteiger partial charge in [0.15, 0.2) is 0 Å². The minimum Gasteiger partial charge on any atom is -0.378 e. The van der Waals surface area contributed by atoms with Gasteiger partial charge in [-0.15, -0.1) is 0 Å². The summed E-state index contributed by atoms with van der Waals surface area (Å²) in [5.41, 5.74) is 5.06. The first-order valence-electron chi connectivity index (χ1n) is 12.8. The molecule has 8 heteroatoms. The topological polar surface area (TPSA) is 82.6 Å². The minimum atomic E-state index is -0.109.